The summed E-state index contributed by atoms with van der Waals surface area (Å²) in [6.45, 7) is 5.37. The number of halogens is 3. The first-order valence-electron chi connectivity index (χ1n) is 10.9. The van der Waals surface area contributed by atoms with Crippen LogP contribution in [0.15, 0.2) is 47.5 Å². The highest BCUT2D eigenvalue weighted by Gasteiger charge is 2.38. The van der Waals surface area contributed by atoms with Gasteiger partial charge in [-0.05, 0) is 56.2 Å². The topological polar surface area (TPSA) is 84.7 Å². The summed E-state index contributed by atoms with van der Waals surface area (Å²) in [6, 6.07) is 9.41. The Morgan fingerprint density at radius 1 is 1.34 bits per heavy atom. The third-order valence-electron chi connectivity index (χ3n) is 5.73. The number of allylic oxidation sites excluding steroid dienone is 1. The Labute approximate surface area is 213 Å². The van der Waals surface area contributed by atoms with E-state index < -0.39 is 28.0 Å². The lowest BCUT2D eigenvalue weighted by Crippen LogP contribution is -2.47. The second kappa shape index (κ2) is 9.81. The normalized spacial score (nSPS) is 17.2. The predicted molar refractivity (Wildman–Crippen MR) is 135 cm³/mol. The summed E-state index contributed by atoms with van der Waals surface area (Å²) in [5, 5.41) is 14.3. The molecule has 2 heterocycles. The van der Waals surface area contributed by atoms with Gasteiger partial charge in [-0.1, -0.05) is 41.4 Å². The molecule has 186 valence electrons. The fraction of sp³-hybridized carbons (Fsp3) is 0.292. The molecule has 0 bridgehead atoms. The number of rotatable bonds is 6. The molecule has 0 fully saturated rings. The van der Waals surface area contributed by atoms with Gasteiger partial charge in [-0.25, -0.2) is 12.8 Å². The van der Waals surface area contributed by atoms with Gasteiger partial charge >= 0.3 is 0 Å². The SMILES string of the molecule is CCn1cc(S(=O)(=O)N2CC([C@H](C)O)Oc3ccc(/C=C(\C)c4c(F)cccc4Cl)cc32)c(Cl)n1. The molecule has 1 aliphatic rings. The third-order valence-corrected chi connectivity index (χ3v) is 8.22. The summed E-state index contributed by atoms with van der Waals surface area (Å²) in [6.07, 6.45) is 1.36. The largest absolute Gasteiger partial charge is 0.484 e. The van der Waals surface area contributed by atoms with Crippen molar-refractivity contribution in [3.8, 4) is 5.75 Å². The summed E-state index contributed by atoms with van der Waals surface area (Å²) in [5.41, 5.74) is 1.70. The summed E-state index contributed by atoms with van der Waals surface area (Å²) in [4.78, 5) is -0.145. The predicted octanol–water partition coefficient (Wildman–Crippen LogP) is 5.25. The molecule has 0 amide bonds. The Morgan fingerprint density at radius 3 is 2.71 bits per heavy atom. The Balaban J connectivity index is 1.82. The number of sulfonamides is 1. The van der Waals surface area contributed by atoms with Crippen molar-refractivity contribution in [2.45, 2.75) is 44.4 Å². The molecule has 1 unspecified atom stereocenters. The van der Waals surface area contributed by atoms with E-state index in [4.69, 9.17) is 27.9 Å². The van der Waals surface area contributed by atoms with Crippen LogP contribution in [-0.2, 0) is 16.6 Å². The van der Waals surface area contributed by atoms with Gasteiger partial charge in [0.2, 0.25) is 0 Å². The zero-order chi connectivity index (χ0) is 25.5. The summed E-state index contributed by atoms with van der Waals surface area (Å²) in [7, 11) is -4.15. The van der Waals surface area contributed by atoms with Crippen molar-refractivity contribution in [3.63, 3.8) is 0 Å². The molecule has 0 radical (unpaired) electrons. The van der Waals surface area contributed by atoms with Gasteiger partial charge in [0.25, 0.3) is 10.0 Å². The van der Waals surface area contributed by atoms with E-state index in [1.54, 1.807) is 37.3 Å². The Hall–Kier alpha value is -2.59. The van der Waals surface area contributed by atoms with Gasteiger partial charge in [-0.15, -0.1) is 0 Å². The van der Waals surface area contributed by atoms with Crippen molar-refractivity contribution >= 4 is 50.6 Å². The first-order chi connectivity index (χ1) is 16.5. The fourth-order valence-corrected chi connectivity index (χ4v) is 6.13. The van der Waals surface area contributed by atoms with Gasteiger partial charge in [0, 0.05) is 18.3 Å². The number of anilines is 1. The number of hydrogen-bond acceptors (Lipinski definition) is 5. The van der Waals surface area contributed by atoms with E-state index >= 15 is 0 Å². The summed E-state index contributed by atoms with van der Waals surface area (Å²) >= 11 is 12.4. The standard InChI is InChI=1S/C24H24Cl2FN3O4S/c1-4-29-13-22(24(26)28-29)35(32,33)30-12-21(15(3)31)34-20-9-8-16(11-19(20)30)10-14(2)23-17(25)6-5-7-18(23)27/h5-11,13,15,21,31H,4,12H2,1-3H3/b14-10+/t15-,21?/m0/s1. The molecule has 3 aromatic rings. The number of aliphatic hydroxyl groups is 1. The monoisotopic (exact) mass is 539 g/mol. The van der Waals surface area contributed by atoms with Crippen LogP contribution in [0.25, 0.3) is 11.6 Å². The second-order valence-electron chi connectivity index (χ2n) is 8.22. The molecule has 2 atom stereocenters. The number of hydrogen-bond donors (Lipinski definition) is 1. The van der Waals surface area contributed by atoms with Gasteiger partial charge in [0.05, 0.1) is 23.4 Å². The third kappa shape index (κ3) is 4.91. The lowest BCUT2D eigenvalue weighted by atomic mass is 10.0. The molecular weight excluding hydrogens is 516 g/mol. The minimum Gasteiger partial charge on any atom is -0.484 e. The number of aromatic nitrogens is 2. The molecule has 35 heavy (non-hydrogen) atoms. The van der Waals surface area contributed by atoms with Crippen LogP contribution >= 0.6 is 23.2 Å². The number of benzene rings is 2. The molecule has 1 aromatic heterocycles. The summed E-state index contributed by atoms with van der Waals surface area (Å²) in [5.74, 6) is -0.178. The molecule has 11 heteroatoms. The minimum absolute atomic E-state index is 0.133. The van der Waals surface area contributed by atoms with Crippen LogP contribution < -0.4 is 9.04 Å². The highest BCUT2D eigenvalue weighted by molar-refractivity contribution is 7.93. The molecule has 1 N–H and O–H groups in total. The minimum atomic E-state index is -4.15. The lowest BCUT2D eigenvalue weighted by molar-refractivity contribution is 0.0503. The summed E-state index contributed by atoms with van der Waals surface area (Å²) < 4.78 is 50.2. The zero-order valence-electron chi connectivity index (χ0n) is 19.2. The van der Waals surface area contributed by atoms with E-state index in [0.29, 0.717) is 17.7 Å². The molecule has 0 aliphatic carbocycles. The van der Waals surface area contributed by atoms with Gasteiger partial charge in [0.1, 0.15) is 22.6 Å². The van der Waals surface area contributed by atoms with Crippen molar-refractivity contribution in [1.82, 2.24) is 9.78 Å². The van der Waals surface area contributed by atoms with Crippen molar-refractivity contribution in [3.05, 3.63) is 69.7 Å². The Kier molecular flexibility index (Phi) is 7.15. The van der Waals surface area contributed by atoms with Gasteiger partial charge < -0.3 is 9.84 Å². The average molecular weight is 540 g/mol. The first kappa shape index (κ1) is 25.5. The molecular formula is C24H24Cl2FN3O4S. The lowest BCUT2D eigenvalue weighted by Gasteiger charge is -2.36. The molecule has 1 aliphatic heterocycles. The number of ether oxygens (including phenoxy) is 1. The molecule has 0 spiro atoms. The zero-order valence-corrected chi connectivity index (χ0v) is 21.6. The number of nitrogens with zero attached hydrogens (tertiary/aromatic N) is 3. The number of aliphatic hydroxyl groups excluding tert-OH is 1. The number of fused-ring (bicyclic) bond motifs is 1. The first-order valence-corrected chi connectivity index (χ1v) is 13.1. The molecule has 0 saturated heterocycles. The van der Waals surface area contributed by atoms with E-state index in [-0.39, 0.29) is 38.6 Å². The average Bonchev–Trinajstić information content (AvgIpc) is 3.19. The smallest absolute Gasteiger partial charge is 0.269 e. The van der Waals surface area contributed by atoms with Crippen LogP contribution in [0.1, 0.15) is 31.9 Å². The van der Waals surface area contributed by atoms with Crippen LogP contribution in [0.4, 0.5) is 10.1 Å². The van der Waals surface area contributed by atoms with E-state index in [2.05, 4.69) is 5.10 Å². The van der Waals surface area contributed by atoms with Crippen molar-refractivity contribution in [2.75, 3.05) is 10.8 Å². The molecule has 7 nitrogen and oxygen atoms in total. The van der Waals surface area contributed by atoms with Gasteiger partial charge in [0.15, 0.2) is 5.15 Å². The fourth-order valence-electron chi connectivity index (χ4n) is 3.89. The van der Waals surface area contributed by atoms with E-state index in [1.807, 2.05) is 6.92 Å². The molecule has 0 saturated carbocycles. The van der Waals surface area contributed by atoms with Crippen LogP contribution in [-0.4, -0.2) is 42.1 Å². The Bertz CT molecular complexity index is 1390. The van der Waals surface area contributed by atoms with Gasteiger partial charge in [-0.3, -0.25) is 8.99 Å². The van der Waals surface area contributed by atoms with Crippen molar-refractivity contribution < 1.29 is 22.7 Å². The highest BCUT2D eigenvalue weighted by Crippen LogP contribution is 2.40. The van der Waals surface area contributed by atoms with Crippen LogP contribution in [0.5, 0.6) is 5.75 Å². The van der Waals surface area contributed by atoms with Crippen LogP contribution in [0.3, 0.4) is 0 Å². The Morgan fingerprint density at radius 2 is 2.09 bits per heavy atom. The van der Waals surface area contributed by atoms with Crippen molar-refractivity contribution in [2.24, 2.45) is 0 Å². The molecule has 2 aromatic carbocycles. The van der Waals surface area contributed by atoms with E-state index in [0.717, 1.165) is 4.31 Å². The van der Waals surface area contributed by atoms with Crippen molar-refractivity contribution in [1.29, 1.82) is 0 Å². The second-order valence-corrected chi connectivity index (χ2v) is 10.8. The maximum Gasteiger partial charge on any atom is 0.269 e. The van der Waals surface area contributed by atoms with E-state index in [1.165, 1.54) is 29.9 Å². The number of aryl methyl sites for hydroxylation is 1. The highest BCUT2D eigenvalue weighted by atomic mass is 35.5. The van der Waals surface area contributed by atoms with Crippen LogP contribution in [0, 0.1) is 5.82 Å². The maximum atomic E-state index is 14.4. The molecule has 4 rings (SSSR count). The maximum absolute atomic E-state index is 14.4. The quantitative estimate of drug-likeness (QED) is 0.432. The van der Waals surface area contributed by atoms with Crippen LogP contribution in [0.2, 0.25) is 10.2 Å². The van der Waals surface area contributed by atoms with Gasteiger partial charge in [-0.2, -0.15) is 5.10 Å². The van der Waals surface area contributed by atoms with E-state index in [9.17, 15) is 17.9 Å².